The normalized spacial score (nSPS) is 9.42. The lowest BCUT2D eigenvalue weighted by atomic mass is 10.3. The molecule has 1 radical (unpaired) electrons. The predicted octanol–water partition coefficient (Wildman–Crippen LogP) is 0.0357. The van der Waals surface area contributed by atoms with E-state index in [0.717, 1.165) is 0 Å². The van der Waals surface area contributed by atoms with Gasteiger partial charge >= 0.3 is 5.97 Å². The van der Waals surface area contributed by atoms with E-state index in [1.54, 1.807) is 6.92 Å². The first kappa shape index (κ1) is 8.45. The Morgan fingerprint density at radius 3 is 3.17 bits per heavy atom. The van der Waals surface area contributed by atoms with Gasteiger partial charge in [-0.3, -0.25) is 0 Å². The summed E-state index contributed by atoms with van der Waals surface area (Å²) in [5, 5.41) is 0. The average molecular weight is 166 g/mol. The molecule has 12 heavy (non-hydrogen) atoms. The van der Waals surface area contributed by atoms with Crippen LogP contribution in [-0.4, -0.2) is 22.5 Å². The van der Waals surface area contributed by atoms with Crippen molar-refractivity contribution in [3.8, 4) is 0 Å². The van der Waals surface area contributed by atoms with Gasteiger partial charge in [-0.15, -0.1) is 0 Å². The Morgan fingerprint density at radius 1 is 1.83 bits per heavy atom. The Morgan fingerprint density at radius 2 is 2.58 bits per heavy atom. The molecular weight excluding hydrogens is 158 g/mol. The maximum Gasteiger partial charge on any atom is 0.343 e. The molecule has 0 aliphatic rings. The highest BCUT2D eigenvalue weighted by molar-refractivity contribution is 5.93. The van der Waals surface area contributed by atoms with Gasteiger partial charge in [-0.2, -0.15) is 0 Å². The Balaban J connectivity index is 2.87. The van der Waals surface area contributed by atoms with Crippen LogP contribution in [0.5, 0.6) is 0 Å². The summed E-state index contributed by atoms with van der Waals surface area (Å²) in [5.41, 5.74) is 5.55. The van der Waals surface area contributed by atoms with E-state index in [1.165, 1.54) is 6.20 Å². The van der Waals surface area contributed by atoms with Gasteiger partial charge in [0.25, 0.3) is 0 Å². The molecule has 2 N–H and O–H groups in total. The van der Waals surface area contributed by atoms with Crippen molar-refractivity contribution in [3.63, 3.8) is 0 Å². The molecule has 0 unspecified atom stereocenters. The average Bonchev–Trinajstić information content (AvgIpc) is 2.05. The number of carbonyl (C=O) groups excluding carboxylic acids is 1. The van der Waals surface area contributed by atoms with Crippen LogP contribution in [0.3, 0.4) is 0 Å². The molecule has 1 aromatic heterocycles. The molecule has 1 heterocycles. The third-order valence-electron chi connectivity index (χ3n) is 1.19. The minimum atomic E-state index is -0.510. The Kier molecular flexibility index (Phi) is 2.57. The number of aromatic nitrogens is 2. The molecule has 0 spiro atoms. The van der Waals surface area contributed by atoms with Crippen LogP contribution in [-0.2, 0) is 4.74 Å². The van der Waals surface area contributed by atoms with Gasteiger partial charge in [-0.1, -0.05) is 0 Å². The molecule has 0 saturated carbocycles. The van der Waals surface area contributed by atoms with Crippen molar-refractivity contribution in [2.24, 2.45) is 0 Å². The SMILES string of the molecule is CCOC(=O)c1cn[c]nc1N. The second-order valence-corrected chi connectivity index (χ2v) is 1.99. The van der Waals surface area contributed by atoms with E-state index in [9.17, 15) is 4.79 Å². The smallest absolute Gasteiger partial charge is 0.343 e. The molecule has 63 valence electrons. The minimum Gasteiger partial charge on any atom is -0.462 e. The molecule has 0 amide bonds. The van der Waals surface area contributed by atoms with Crippen molar-refractivity contribution >= 4 is 11.8 Å². The van der Waals surface area contributed by atoms with Gasteiger partial charge in [-0.05, 0) is 6.92 Å². The number of anilines is 1. The fourth-order valence-corrected chi connectivity index (χ4v) is 0.669. The van der Waals surface area contributed by atoms with Crippen molar-refractivity contribution < 1.29 is 9.53 Å². The van der Waals surface area contributed by atoms with E-state index in [-0.39, 0.29) is 11.4 Å². The second-order valence-electron chi connectivity index (χ2n) is 1.99. The standard InChI is InChI=1S/C7H8N3O2/c1-2-12-7(11)5-3-9-4-10-6(5)8/h3H,2H2,1H3,(H2,8,9,10). The Hall–Kier alpha value is -1.65. The van der Waals surface area contributed by atoms with Gasteiger partial charge in [0.05, 0.1) is 6.61 Å². The molecule has 5 heteroatoms. The summed E-state index contributed by atoms with van der Waals surface area (Å²) in [7, 11) is 0. The van der Waals surface area contributed by atoms with E-state index in [2.05, 4.69) is 16.3 Å². The topological polar surface area (TPSA) is 78.1 Å². The summed E-state index contributed by atoms with van der Waals surface area (Å²) in [6, 6.07) is 0. The Bertz CT molecular complexity index is 288. The summed E-state index contributed by atoms with van der Waals surface area (Å²) in [4.78, 5) is 18.1. The monoisotopic (exact) mass is 166 g/mol. The van der Waals surface area contributed by atoms with Crippen LogP contribution in [0.2, 0.25) is 0 Å². The van der Waals surface area contributed by atoms with E-state index in [1.807, 2.05) is 0 Å². The summed E-state index contributed by atoms with van der Waals surface area (Å²) < 4.78 is 4.70. The number of hydrogen-bond donors (Lipinski definition) is 1. The van der Waals surface area contributed by atoms with E-state index in [0.29, 0.717) is 6.61 Å². The first-order valence-electron chi connectivity index (χ1n) is 3.41. The van der Waals surface area contributed by atoms with Crippen LogP contribution in [0.25, 0.3) is 0 Å². The fraction of sp³-hybridized carbons (Fsp3) is 0.286. The van der Waals surface area contributed by atoms with Crippen LogP contribution in [0, 0.1) is 6.33 Å². The van der Waals surface area contributed by atoms with Gasteiger partial charge in [0.15, 0.2) is 6.33 Å². The maximum absolute atomic E-state index is 11.1. The molecule has 0 aliphatic carbocycles. The van der Waals surface area contributed by atoms with Crippen LogP contribution in [0.1, 0.15) is 17.3 Å². The van der Waals surface area contributed by atoms with E-state index >= 15 is 0 Å². The number of ether oxygens (including phenoxy) is 1. The van der Waals surface area contributed by atoms with E-state index < -0.39 is 5.97 Å². The zero-order chi connectivity index (χ0) is 8.97. The quantitative estimate of drug-likeness (QED) is 0.627. The highest BCUT2D eigenvalue weighted by Gasteiger charge is 2.10. The molecule has 0 atom stereocenters. The molecule has 1 aromatic rings. The van der Waals surface area contributed by atoms with Gasteiger partial charge in [0.2, 0.25) is 0 Å². The summed E-state index contributed by atoms with van der Waals surface area (Å²) in [6.07, 6.45) is 3.54. The van der Waals surface area contributed by atoms with Crippen molar-refractivity contribution in [3.05, 3.63) is 18.1 Å². The van der Waals surface area contributed by atoms with Crippen LogP contribution in [0.4, 0.5) is 5.82 Å². The lowest BCUT2D eigenvalue weighted by molar-refractivity contribution is 0.0526. The largest absolute Gasteiger partial charge is 0.462 e. The van der Waals surface area contributed by atoms with Crippen molar-refractivity contribution in [1.82, 2.24) is 9.97 Å². The first-order chi connectivity index (χ1) is 5.75. The lowest BCUT2D eigenvalue weighted by Gasteiger charge is -2.01. The number of nitrogen functional groups attached to an aromatic ring is 1. The van der Waals surface area contributed by atoms with Crippen molar-refractivity contribution in [2.45, 2.75) is 6.92 Å². The molecule has 0 aromatic carbocycles. The molecular formula is C7H8N3O2. The molecule has 5 nitrogen and oxygen atoms in total. The van der Waals surface area contributed by atoms with Gasteiger partial charge < -0.3 is 10.5 Å². The number of nitrogens with zero attached hydrogens (tertiary/aromatic N) is 2. The number of hydrogen-bond acceptors (Lipinski definition) is 5. The highest BCUT2D eigenvalue weighted by Crippen LogP contribution is 2.05. The molecule has 0 aliphatic heterocycles. The molecule has 0 fully saturated rings. The maximum atomic E-state index is 11.1. The lowest BCUT2D eigenvalue weighted by Crippen LogP contribution is -2.09. The first-order valence-corrected chi connectivity index (χ1v) is 3.41. The van der Waals surface area contributed by atoms with E-state index in [4.69, 9.17) is 10.5 Å². The predicted molar refractivity (Wildman–Crippen MR) is 41.2 cm³/mol. The number of carbonyl (C=O) groups is 1. The summed E-state index contributed by atoms with van der Waals surface area (Å²) in [6.45, 7) is 2.01. The fourth-order valence-electron chi connectivity index (χ4n) is 0.669. The zero-order valence-corrected chi connectivity index (χ0v) is 6.57. The van der Waals surface area contributed by atoms with Gasteiger partial charge in [0, 0.05) is 6.20 Å². The molecule has 0 bridgehead atoms. The number of rotatable bonds is 2. The number of esters is 1. The highest BCUT2D eigenvalue weighted by atomic mass is 16.5. The van der Waals surface area contributed by atoms with Crippen LogP contribution < -0.4 is 5.73 Å². The third-order valence-corrected chi connectivity index (χ3v) is 1.19. The summed E-state index contributed by atoms with van der Waals surface area (Å²) in [5.74, 6) is -0.424. The summed E-state index contributed by atoms with van der Waals surface area (Å²) >= 11 is 0. The third kappa shape index (κ3) is 1.69. The van der Waals surface area contributed by atoms with Gasteiger partial charge in [0.1, 0.15) is 11.4 Å². The Labute approximate surface area is 69.6 Å². The van der Waals surface area contributed by atoms with Crippen molar-refractivity contribution in [2.75, 3.05) is 12.3 Å². The van der Waals surface area contributed by atoms with Crippen LogP contribution in [0.15, 0.2) is 6.20 Å². The molecule has 1 rings (SSSR count). The molecule has 0 saturated heterocycles. The van der Waals surface area contributed by atoms with Crippen molar-refractivity contribution in [1.29, 1.82) is 0 Å². The van der Waals surface area contributed by atoms with Gasteiger partial charge in [-0.25, -0.2) is 14.8 Å². The second kappa shape index (κ2) is 3.66. The number of nitrogens with two attached hydrogens (primary N) is 1. The minimum absolute atomic E-state index is 0.0865. The van der Waals surface area contributed by atoms with Crippen LogP contribution >= 0.6 is 0 Å². The zero-order valence-electron chi connectivity index (χ0n) is 6.57.